The average Bonchev–Trinajstić information content (AvgIpc) is 3.19. The second kappa shape index (κ2) is 11.8. The summed E-state index contributed by atoms with van der Waals surface area (Å²) in [5.41, 5.74) is 2.50. The smallest absolute Gasteiger partial charge is 0.119 e. The Morgan fingerprint density at radius 1 is 1.06 bits per heavy atom. The molecule has 4 rings (SSSR count). The summed E-state index contributed by atoms with van der Waals surface area (Å²) in [4.78, 5) is 10.4. The Hall–Kier alpha value is -0.670. The summed E-state index contributed by atoms with van der Waals surface area (Å²) in [6, 6.07) is 0. The van der Waals surface area contributed by atoms with E-state index in [4.69, 9.17) is 4.74 Å². The van der Waals surface area contributed by atoms with E-state index in [1.807, 2.05) is 0 Å². The molecule has 0 amide bonds. The summed E-state index contributed by atoms with van der Waals surface area (Å²) in [7, 11) is 0. The van der Waals surface area contributed by atoms with E-state index in [1.54, 1.807) is 5.57 Å². The predicted molar refractivity (Wildman–Crippen MR) is 144 cm³/mol. The first-order valence-corrected chi connectivity index (χ1v) is 15.2. The van der Waals surface area contributed by atoms with Gasteiger partial charge in [0.15, 0.2) is 0 Å². The third-order valence-corrected chi connectivity index (χ3v) is 11.5. The topological polar surface area (TPSA) is 46.5 Å². The minimum atomic E-state index is -0.0980. The zero-order chi connectivity index (χ0) is 25.1. The third-order valence-electron chi connectivity index (χ3n) is 11.5. The SMILES string of the molecule is CC(CCC[C@@H](C)[C@H]1CC[C@H]2[C@@H]3CC=C4C[C@@H](O)CC[C@]4(C)[C@H]3CC[C@]12C)COCCCCC=O. The van der Waals surface area contributed by atoms with Crippen LogP contribution in [0.3, 0.4) is 0 Å². The van der Waals surface area contributed by atoms with Crippen molar-refractivity contribution in [2.75, 3.05) is 13.2 Å². The number of carbonyl (C=O) groups excluding carboxylic acids is 1. The lowest BCUT2D eigenvalue weighted by Crippen LogP contribution is -2.50. The van der Waals surface area contributed by atoms with Gasteiger partial charge in [-0.3, -0.25) is 0 Å². The zero-order valence-corrected chi connectivity index (χ0v) is 23.3. The average molecular weight is 487 g/mol. The van der Waals surface area contributed by atoms with Gasteiger partial charge in [-0.2, -0.15) is 0 Å². The van der Waals surface area contributed by atoms with Crippen LogP contribution in [0.2, 0.25) is 0 Å². The number of hydrogen-bond donors (Lipinski definition) is 1. The number of aliphatic hydroxyl groups is 1. The summed E-state index contributed by atoms with van der Waals surface area (Å²) in [6.45, 7) is 11.8. The molecule has 3 nitrogen and oxygen atoms in total. The van der Waals surface area contributed by atoms with Gasteiger partial charge in [0, 0.05) is 19.6 Å². The molecule has 3 fully saturated rings. The van der Waals surface area contributed by atoms with Gasteiger partial charge in [0.05, 0.1) is 6.10 Å². The predicted octanol–water partition coefficient (Wildman–Crippen LogP) is 7.75. The molecule has 0 bridgehead atoms. The van der Waals surface area contributed by atoms with Crippen molar-refractivity contribution in [3.8, 4) is 0 Å². The first-order chi connectivity index (χ1) is 16.8. The van der Waals surface area contributed by atoms with Crippen LogP contribution in [0.4, 0.5) is 0 Å². The Morgan fingerprint density at radius 2 is 1.89 bits per heavy atom. The van der Waals surface area contributed by atoms with Crippen LogP contribution in [0.5, 0.6) is 0 Å². The molecule has 0 radical (unpaired) electrons. The number of allylic oxidation sites excluding steroid dienone is 1. The van der Waals surface area contributed by atoms with Crippen LogP contribution in [0.1, 0.15) is 118 Å². The fourth-order valence-corrected chi connectivity index (χ4v) is 9.41. The molecular weight excluding hydrogens is 432 g/mol. The van der Waals surface area contributed by atoms with Crippen LogP contribution in [0.25, 0.3) is 0 Å². The largest absolute Gasteiger partial charge is 0.393 e. The molecule has 9 atom stereocenters. The number of rotatable bonds is 12. The fourth-order valence-electron chi connectivity index (χ4n) is 9.41. The van der Waals surface area contributed by atoms with Crippen molar-refractivity contribution in [2.24, 2.45) is 46.3 Å². The number of unbranched alkanes of at least 4 members (excludes halogenated alkanes) is 2. The van der Waals surface area contributed by atoms with E-state index in [0.717, 1.165) is 74.8 Å². The molecule has 0 aromatic heterocycles. The highest BCUT2D eigenvalue weighted by molar-refractivity contribution is 5.48. The van der Waals surface area contributed by atoms with Crippen LogP contribution < -0.4 is 0 Å². The van der Waals surface area contributed by atoms with E-state index >= 15 is 0 Å². The molecule has 1 unspecified atom stereocenters. The Labute approximate surface area is 215 Å². The Morgan fingerprint density at radius 3 is 2.69 bits per heavy atom. The second-order valence-electron chi connectivity index (χ2n) is 13.6. The number of hydrogen-bond acceptors (Lipinski definition) is 3. The summed E-state index contributed by atoms with van der Waals surface area (Å²) < 4.78 is 5.85. The van der Waals surface area contributed by atoms with Gasteiger partial charge in [0.1, 0.15) is 6.29 Å². The number of carbonyl (C=O) groups is 1. The lowest BCUT2D eigenvalue weighted by atomic mass is 9.47. The zero-order valence-electron chi connectivity index (χ0n) is 23.3. The van der Waals surface area contributed by atoms with E-state index < -0.39 is 0 Å². The van der Waals surface area contributed by atoms with Gasteiger partial charge >= 0.3 is 0 Å². The van der Waals surface area contributed by atoms with E-state index in [1.165, 1.54) is 57.8 Å². The van der Waals surface area contributed by atoms with Crippen molar-refractivity contribution >= 4 is 6.29 Å². The van der Waals surface area contributed by atoms with E-state index in [9.17, 15) is 9.90 Å². The van der Waals surface area contributed by atoms with Crippen LogP contribution in [0.15, 0.2) is 11.6 Å². The normalized spacial score (nSPS) is 40.3. The molecule has 200 valence electrons. The number of ether oxygens (including phenoxy) is 1. The van der Waals surface area contributed by atoms with Crippen molar-refractivity contribution in [1.29, 1.82) is 0 Å². The highest BCUT2D eigenvalue weighted by atomic mass is 16.5. The van der Waals surface area contributed by atoms with E-state index in [-0.39, 0.29) is 6.10 Å². The molecule has 1 N–H and O–H groups in total. The van der Waals surface area contributed by atoms with Crippen LogP contribution in [-0.2, 0) is 9.53 Å². The maximum absolute atomic E-state index is 10.4. The van der Waals surface area contributed by atoms with Gasteiger partial charge in [-0.05, 0) is 117 Å². The van der Waals surface area contributed by atoms with Gasteiger partial charge < -0.3 is 14.6 Å². The number of fused-ring (bicyclic) bond motifs is 5. The molecule has 0 heterocycles. The van der Waals surface area contributed by atoms with Crippen molar-refractivity contribution in [1.82, 2.24) is 0 Å². The second-order valence-corrected chi connectivity index (χ2v) is 13.6. The summed E-state index contributed by atoms with van der Waals surface area (Å²) in [5.74, 6) is 4.98. The first-order valence-electron chi connectivity index (χ1n) is 15.2. The van der Waals surface area contributed by atoms with E-state index in [0.29, 0.717) is 23.2 Å². The molecular formula is C32H54O3. The molecule has 3 heteroatoms. The highest BCUT2D eigenvalue weighted by Gasteiger charge is 2.59. The van der Waals surface area contributed by atoms with Gasteiger partial charge in [0.25, 0.3) is 0 Å². The minimum Gasteiger partial charge on any atom is -0.393 e. The fraction of sp³-hybridized carbons (Fsp3) is 0.906. The van der Waals surface area contributed by atoms with Gasteiger partial charge in [-0.1, -0.05) is 52.2 Å². The van der Waals surface area contributed by atoms with Gasteiger partial charge in [-0.25, -0.2) is 0 Å². The van der Waals surface area contributed by atoms with Crippen molar-refractivity contribution in [3.05, 3.63) is 11.6 Å². The Kier molecular flexibility index (Phi) is 9.23. The van der Waals surface area contributed by atoms with E-state index in [2.05, 4.69) is 33.8 Å². The van der Waals surface area contributed by atoms with Crippen molar-refractivity contribution in [3.63, 3.8) is 0 Å². The Bertz CT molecular complexity index is 730. The molecule has 4 aliphatic carbocycles. The van der Waals surface area contributed by atoms with Crippen LogP contribution in [0, 0.1) is 46.3 Å². The maximum atomic E-state index is 10.4. The lowest BCUT2D eigenvalue weighted by molar-refractivity contribution is -0.108. The molecule has 35 heavy (non-hydrogen) atoms. The lowest BCUT2D eigenvalue weighted by Gasteiger charge is -2.58. The molecule has 0 aromatic carbocycles. The summed E-state index contributed by atoms with van der Waals surface area (Å²) in [5, 5.41) is 10.3. The standard InChI is InChI=1S/C32H54O3/c1-23(22-35-20-7-5-6-19-33)9-8-10-24(2)28-13-14-29-27-12-11-25-21-26(34)15-17-31(25,3)30(27)16-18-32(28,29)4/h11,19,23-24,26-30,34H,5-10,12-18,20-22H2,1-4H3/t23?,24-,26+,27+,28-,29+,30+,31+,32-/m1/s1. The molecule has 0 aromatic rings. The summed E-state index contributed by atoms with van der Waals surface area (Å²) in [6.07, 6.45) is 20.2. The van der Waals surface area contributed by atoms with Gasteiger partial charge in [0.2, 0.25) is 0 Å². The summed E-state index contributed by atoms with van der Waals surface area (Å²) >= 11 is 0. The minimum absolute atomic E-state index is 0.0980. The maximum Gasteiger partial charge on any atom is 0.119 e. The quantitative estimate of drug-likeness (QED) is 0.174. The molecule has 0 spiro atoms. The van der Waals surface area contributed by atoms with Crippen molar-refractivity contribution < 1.29 is 14.6 Å². The number of aldehydes is 1. The molecule has 4 aliphatic rings. The third kappa shape index (κ3) is 5.77. The molecule has 3 saturated carbocycles. The molecule has 0 aliphatic heterocycles. The monoisotopic (exact) mass is 486 g/mol. The Balaban J connectivity index is 1.26. The van der Waals surface area contributed by atoms with Crippen LogP contribution >= 0.6 is 0 Å². The van der Waals surface area contributed by atoms with Gasteiger partial charge in [-0.15, -0.1) is 0 Å². The van der Waals surface area contributed by atoms with Crippen LogP contribution in [-0.4, -0.2) is 30.7 Å². The van der Waals surface area contributed by atoms with Crippen molar-refractivity contribution in [2.45, 2.75) is 124 Å². The first kappa shape index (κ1) is 27.4. The highest BCUT2D eigenvalue weighted by Crippen LogP contribution is 2.67. The number of aliphatic hydroxyl groups excluding tert-OH is 1. The molecule has 0 saturated heterocycles.